The van der Waals surface area contributed by atoms with Gasteiger partial charge in [-0.3, -0.25) is 0 Å². The van der Waals surface area contributed by atoms with Gasteiger partial charge in [-0.2, -0.15) is 5.10 Å². The number of carboxylic acids is 2. The highest BCUT2D eigenvalue weighted by atomic mass is 35.5. The van der Waals surface area contributed by atoms with Crippen LogP contribution in [-0.4, -0.2) is 84.2 Å². The van der Waals surface area contributed by atoms with Crippen LogP contribution in [0.5, 0.6) is 0 Å². The molecule has 0 unspecified atom stereocenters. The molecule has 0 fully saturated rings. The molecule has 3 heterocycles. The average Bonchev–Trinajstić information content (AvgIpc) is 3.31. The number of likely N-dealkylation sites (N-methyl/N-ethyl adjacent to an activating group) is 1. The van der Waals surface area contributed by atoms with Crippen LogP contribution < -0.4 is 4.90 Å². The topological polar surface area (TPSA) is 152 Å². The lowest BCUT2D eigenvalue weighted by Gasteiger charge is -2.25. The number of carboxylic acid groups (broad SMARTS) is 2. The number of rotatable bonds is 5. The number of benzene rings is 2. The molecule has 0 saturated heterocycles. The van der Waals surface area contributed by atoms with E-state index in [1.807, 2.05) is 28.9 Å². The monoisotopic (exact) mass is 539 g/mol. The predicted octanol–water partition coefficient (Wildman–Crippen LogP) is 2.51. The van der Waals surface area contributed by atoms with Crippen molar-refractivity contribution >= 4 is 40.6 Å². The number of carbonyl (C=O) groups is 2. The smallest absolute Gasteiger partial charge is 0.335 e. The number of pyridine rings is 1. The van der Waals surface area contributed by atoms with Crippen LogP contribution in [0.1, 0.15) is 5.56 Å². The zero-order chi connectivity index (χ0) is 27.4. The van der Waals surface area contributed by atoms with E-state index in [4.69, 9.17) is 32.0 Å². The molecule has 2 aromatic heterocycles. The van der Waals surface area contributed by atoms with Crippen molar-refractivity contribution in [3.05, 3.63) is 77.7 Å². The molecule has 12 heteroatoms. The molecule has 4 aromatic rings. The Morgan fingerprint density at radius 3 is 2.24 bits per heavy atom. The molecule has 198 valence electrons. The van der Waals surface area contributed by atoms with Gasteiger partial charge >= 0.3 is 11.9 Å². The van der Waals surface area contributed by atoms with Crippen LogP contribution in [0.3, 0.4) is 0 Å². The highest BCUT2D eigenvalue weighted by Gasteiger charge is 2.29. The Hall–Kier alpha value is -4.03. The van der Waals surface area contributed by atoms with Gasteiger partial charge in [0.2, 0.25) is 0 Å². The van der Waals surface area contributed by atoms with Crippen molar-refractivity contribution in [1.82, 2.24) is 19.5 Å². The van der Waals surface area contributed by atoms with E-state index in [0.717, 1.165) is 41.6 Å². The van der Waals surface area contributed by atoms with Gasteiger partial charge in [-0.15, -0.1) is 0 Å². The highest BCUT2D eigenvalue weighted by molar-refractivity contribution is 6.30. The Morgan fingerprint density at radius 1 is 0.921 bits per heavy atom. The molecule has 1 aliphatic rings. The lowest BCUT2D eigenvalue weighted by Crippen LogP contribution is -2.39. The van der Waals surface area contributed by atoms with Gasteiger partial charge < -0.3 is 30.2 Å². The SMILES string of the molecule is CN1CCN(c2ccc(Cl)cc2)c2ccc(-c3ccc4ncnn4c3)cc2C1.O=C(O)[C@H](O)[C@@H](O)C(=O)O. The molecule has 2 aromatic carbocycles. The van der Waals surface area contributed by atoms with E-state index in [2.05, 4.69) is 63.3 Å². The first-order valence-corrected chi connectivity index (χ1v) is 12.0. The van der Waals surface area contributed by atoms with Crippen LogP contribution in [0.25, 0.3) is 16.8 Å². The summed E-state index contributed by atoms with van der Waals surface area (Å²) < 4.78 is 1.81. The molecule has 0 saturated carbocycles. The van der Waals surface area contributed by atoms with Crippen LogP contribution in [0.4, 0.5) is 11.4 Å². The Labute approximate surface area is 222 Å². The van der Waals surface area contributed by atoms with Crippen molar-refractivity contribution in [1.29, 1.82) is 0 Å². The van der Waals surface area contributed by atoms with Gasteiger partial charge in [-0.05, 0) is 66.7 Å². The minimum atomic E-state index is -2.27. The summed E-state index contributed by atoms with van der Waals surface area (Å²) in [6, 6.07) is 18.9. The summed E-state index contributed by atoms with van der Waals surface area (Å²) in [5.74, 6) is -3.54. The summed E-state index contributed by atoms with van der Waals surface area (Å²) in [5.41, 5.74) is 6.89. The van der Waals surface area contributed by atoms with E-state index in [1.54, 1.807) is 6.33 Å². The largest absolute Gasteiger partial charge is 0.479 e. The fourth-order valence-electron chi connectivity index (χ4n) is 4.06. The molecule has 11 nitrogen and oxygen atoms in total. The fraction of sp³-hybridized carbons (Fsp3) is 0.231. The number of fused-ring (bicyclic) bond motifs is 2. The third kappa shape index (κ3) is 6.09. The number of aliphatic hydroxyl groups excluding tert-OH is 2. The Bertz CT molecular complexity index is 1430. The van der Waals surface area contributed by atoms with E-state index < -0.39 is 24.1 Å². The maximum absolute atomic E-state index is 9.77. The molecule has 4 N–H and O–H groups in total. The van der Waals surface area contributed by atoms with E-state index >= 15 is 0 Å². The van der Waals surface area contributed by atoms with Crippen LogP contribution in [-0.2, 0) is 16.1 Å². The van der Waals surface area contributed by atoms with Crippen LogP contribution in [0.15, 0.2) is 67.1 Å². The minimum Gasteiger partial charge on any atom is -0.479 e. The first-order valence-electron chi connectivity index (χ1n) is 11.6. The summed E-state index contributed by atoms with van der Waals surface area (Å²) >= 11 is 6.09. The number of halogens is 1. The van der Waals surface area contributed by atoms with Crippen molar-refractivity contribution in [3.8, 4) is 11.1 Å². The van der Waals surface area contributed by atoms with Crippen molar-refractivity contribution in [2.45, 2.75) is 18.8 Å². The number of aliphatic carboxylic acids is 2. The Balaban J connectivity index is 0.000000289. The molecule has 1 aliphatic heterocycles. The maximum Gasteiger partial charge on any atom is 0.335 e. The van der Waals surface area contributed by atoms with Gasteiger partial charge in [0.25, 0.3) is 0 Å². The van der Waals surface area contributed by atoms with Gasteiger partial charge in [-0.1, -0.05) is 17.7 Å². The molecular formula is C26H26ClN5O6. The summed E-state index contributed by atoms with van der Waals surface area (Å²) in [7, 11) is 2.17. The Morgan fingerprint density at radius 2 is 1.58 bits per heavy atom. The van der Waals surface area contributed by atoms with Crippen molar-refractivity contribution < 1.29 is 30.0 Å². The van der Waals surface area contributed by atoms with Gasteiger partial charge in [0.1, 0.15) is 6.33 Å². The van der Waals surface area contributed by atoms with E-state index in [0.29, 0.717) is 0 Å². The first kappa shape index (κ1) is 27.0. The number of aromatic nitrogens is 3. The summed E-state index contributed by atoms with van der Waals surface area (Å²) in [5, 5.41) is 37.5. The fourth-order valence-corrected chi connectivity index (χ4v) is 4.19. The summed E-state index contributed by atoms with van der Waals surface area (Å²) in [6.07, 6.45) is -0.925. The number of nitrogens with zero attached hydrogens (tertiary/aromatic N) is 5. The molecule has 0 spiro atoms. The van der Waals surface area contributed by atoms with Gasteiger partial charge in [0, 0.05) is 47.8 Å². The molecule has 38 heavy (non-hydrogen) atoms. The van der Waals surface area contributed by atoms with Crippen LogP contribution in [0.2, 0.25) is 5.02 Å². The maximum atomic E-state index is 9.77. The Kier molecular flexibility index (Phi) is 8.23. The second kappa shape index (κ2) is 11.6. The number of hydrogen-bond acceptors (Lipinski definition) is 8. The van der Waals surface area contributed by atoms with Crippen molar-refractivity contribution in [2.24, 2.45) is 0 Å². The average molecular weight is 540 g/mol. The second-order valence-corrected chi connectivity index (χ2v) is 9.19. The van der Waals surface area contributed by atoms with E-state index in [1.165, 1.54) is 16.8 Å². The van der Waals surface area contributed by atoms with Crippen molar-refractivity contribution in [2.75, 3.05) is 25.0 Å². The number of hydrogen-bond donors (Lipinski definition) is 4. The highest BCUT2D eigenvalue weighted by Crippen LogP contribution is 2.34. The third-order valence-corrected chi connectivity index (χ3v) is 6.32. The summed E-state index contributed by atoms with van der Waals surface area (Å²) in [4.78, 5) is 28.5. The molecule has 0 aliphatic carbocycles. The quantitative estimate of drug-likeness (QED) is 0.297. The molecule has 0 bridgehead atoms. The standard InChI is InChI=1S/C22H20ClN5.C4H6O6/c1-26-10-11-27(20-6-4-19(23)5-7-20)21-8-2-16(12-18(21)13-26)17-3-9-22-24-15-25-28(22)14-17;5-1(3(7)8)2(6)4(9)10/h2-9,12,14-15H,10-11,13H2,1H3;1-2,5-6H,(H,7,8)(H,9,10)/t;1-,2-/m.1/s1. The van der Waals surface area contributed by atoms with Gasteiger partial charge in [0.15, 0.2) is 17.9 Å². The van der Waals surface area contributed by atoms with Gasteiger partial charge in [0.05, 0.1) is 0 Å². The van der Waals surface area contributed by atoms with Crippen LogP contribution >= 0.6 is 11.6 Å². The summed E-state index contributed by atoms with van der Waals surface area (Å²) in [6.45, 7) is 2.85. The lowest BCUT2D eigenvalue weighted by molar-refractivity contribution is -0.165. The molecule has 5 rings (SSSR count). The third-order valence-electron chi connectivity index (χ3n) is 6.07. The van der Waals surface area contributed by atoms with Crippen LogP contribution in [0, 0.1) is 0 Å². The molecule has 0 radical (unpaired) electrons. The predicted molar refractivity (Wildman–Crippen MR) is 141 cm³/mol. The zero-order valence-electron chi connectivity index (χ0n) is 20.3. The molecule has 0 amide bonds. The van der Waals surface area contributed by atoms with Gasteiger partial charge in [-0.25, -0.2) is 19.1 Å². The normalized spacial score (nSPS) is 15.1. The zero-order valence-corrected chi connectivity index (χ0v) is 21.1. The molecule has 2 atom stereocenters. The molecular weight excluding hydrogens is 514 g/mol. The lowest BCUT2D eigenvalue weighted by atomic mass is 10.0. The minimum absolute atomic E-state index is 0.759. The van der Waals surface area contributed by atoms with E-state index in [-0.39, 0.29) is 0 Å². The number of anilines is 2. The first-order chi connectivity index (χ1) is 18.1. The number of aliphatic hydroxyl groups is 2. The second-order valence-electron chi connectivity index (χ2n) is 8.76. The van der Waals surface area contributed by atoms with E-state index in [9.17, 15) is 9.59 Å². The van der Waals surface area contributed by atoms with Crippen molar-refractivity contribution in [3.63, 3.8) is 0 Å².